The molecule has 2 aromatic rings. The fourth-order valence-electron chi connectivity index (χ4n) is 3.18. The summed E-state index contributed by atoms with van der Waals surface area (Å²) in [7, 11) is 1.65. The molecule has 1 aliphatic carbocycles. The first kappa shape index (κ1) is 16.2. The number of para-hydroxylation sites is 1. The third kappa shape index (κ3) is 3.80. The first-order valence-corrected chi connectivity index (χ1v) is 9.25. The van der Waals surface area contributed by atoms with Crippen molar-refractivity contribution in [1.29, 1.82) is 0 Å². The average Bonchev–Trinajstić information content (AvgIpc) is 2.96. The van der Waals surface area contributed by atoms with E-state index in [9.17, 15) is 0 Å². The lowest BCUT2D eigenvalue weighted by Gasteiger charge is -2.20. The van der Waals surface area contributed by atoms with Crippen LogP contribution in [0.3, 0.4) is 0 Å². The van der Waals surface area contributed by atoms with Crippen molar-refractivity contribution in [2.75, 3.05) is 18.7 Å². The molecule has 2 N–H and O–H groups in total. The molecular formula is C17H24N4OS. The predicted molar refractivity (Wildman–Crippen MR) is 94.1 cm³/mol. The van der Waals surface area contributed by atoms with Gasteiger partial charge in [0, 0.05) is 5.75 Å². The number of rotatable bonds is 6. The van der Waals surface area contributed by atoms with Crippen LogP contribution in [0.25, 0.3) is 11.4 Å². The number of aromatic nitrogens is 3. The Kier molecular flexibility index (Phi) is 5.43. The Bertz CT molecular complexity index is 637. The summed E-state index contributed by atoms with van der Waals surface area (Å²) >= 11 is 1.69. The highest BCUT2D eigenvalue weighted by molar-refractivity contribution is 7.99. The largest absolute Gasteiger partial charge is 0.496 e. The van der Waals surface area contributed by atoms with Crippen LogP contribution < -0.4 is 10.6 Å². The van der Waals surface area contributed by atoms with Crippen molar-refractivity contribution in [2.45, 2.75) is 43.7 Å². The third-order valence-electron chi connectivity index (χ3n) is 4.49. The molecule has 1 fully saturated rings. The monoisotopic (exact) mass is 332 g/mol. The van der Waals surface area contributed by atoms with E-state index < -0.39 is 0 Å². The maximum Gasteiger partial charge on any atom is 0.210 e. The maximum absolute atomic E-state index is 6.19. The van der Waals surface area contributed by atoms with Gasteiger partial charge in [0.15, 0.2) is 5.82 Å². The van der Waals surface area contributed by atoms with Crippen molar-refractivity contribution in [2.24, 2.45) is 5.92 Å². The number of ether oxygens (including phenoxy) is 1. The van der Waals surface area contributed by atoms with Gasteiger partial charge in [0.05, 0.1) is 12.7 Å². The summed E-state index contributed by atoms with van der Waals surface area (Å²) < 4.78 is 6.95. The van der Waals surface area contributed by atoms with E-state index in [-0.39, 0.29) is 0 Å². The molecule has 0 aliphatic heterocycles. The average molecular weight is 332 g/mol. The van der Waals surface area contributed by atoms with Crippen LogP contribution in [-0.4, -0.2) is 27.7 Å². The Morgan fingerprint density at radius 3 is 2.78 bits per heavy atom. The topological polar surface area (TPSA) is 66.0 Å². The van der Waals surface area contributed by atoms with Gasteiger partial charge in [0.25, 0.3) is 0 Å². The van der Waals surface area contributed by atoms with Crippen molar-refractivity contribution >= 4 is 11.8 Å². The van der Waals surface area contributed by atoms with E-state index in [2.05, 4.69) is 10.2 Å². The second-order valence-electron chi connectivity index (χ2n) is 6.02. The van der Waals surface area contributed by atoms with Gasteiger partial charge in [-0.15, -0.1) is 10.2 Å². The van der Waals surface area contributed by atoms with Crippen LogP contribution in [0.2, 0.25) is 0 Å². The Morgan fingerprint density at radius 2 is 2.00 bits per heavy atom. The summed E-state index contributed by atoms with van der Waals surface area (Å²) in [6.45, 7) is 0. The molecule has 1 aromatic heterocycles. The summed E-state index contributed by atoms with van der Waals surface area (Å²) in [5.41, 5.74) is 0.865. The summed E-state index contributed by atoms with van der Waals surface area (Å²) in [6, 6.07) is 7.73. The highest BCUT2D eigenvalue weighted by atomic mass is 32.2. The van der Waals surface area contributed by atoms with Crippen molar-refractivity contribution in [1.82, 2.24) is 14.9 Å². The number of hydrogen-bond acceptors (Lipinski definition) is 5. The lowest BCUT2D eigenvalue weighted by Crippen LogP contribution is -2.12. The Morgan fingerprint density at radius 1 is 1.22 bits per heavy atom. The number of nitrogens with zero attached hydrogens (tertiary/aromatic N) is 3. The Labute approximate surface area is 141 Å². The fraction of sp³-hybridized carbons (Fsp3) is 0.529. The smallest absolute Gasteiger partial charge is 0.210 e. The number of hydrogen-bond donors (Lipinski definition) is 1. The lowest BCUT2D eigenvalue weighted by atomic mass is 9.88. The van der Waals surface area contributed by atoms with Crippen LogP contribution in [0.4, 0.5) is 0 Å². The molecule has 3 rings (SSSR count). The second kappa shape index (κ2) is 7.73. The molecule has 6 heteroatoms. The standard InChI is InChI=1S/C17H24N4OS/c1-22-15-10-6-5-9-14(15)16-19-20-17(21(16)18)23-12-11-13-7-3-2-4-8-13/h5-6,9-10,13H,2-4,7-8,11-12,18H2,1H3. The van der Waals surface area contributed by atoms with Crippen molar-refractivity contribution in [3.05, 3.63) is 24.3 Å². The van der Waals surface area contributed by atoms with Crippen LogP contribution in [0.5, 0.6) is 5.75 Å². The molecule has 0 amide bonds. The second-order valence-corrected chi connectivity index (χ2v) is 7.08. The fourth-order valence-corrected chi connectivity index (χ4v) is 4.14. The van der Waals surface area contributed by atoms with E-state index >= 15 is 0 Å². The Hall–Kier alpha value is -1.69. The van der Waals surface area contributed by atoms with Crippen LogP contribution in [-0.2, 0) is 0 Å². The summed E-state index contributed by atoms with van der Waals surface area (Å²) in [6.07, 6.45) is 8.18. The zero-order chi connectivity index (χ0) is 16.1. The zero-order valence-electron chi connectivity index (χ0n) is 13.6. The van der Waals surface area contributed by atoms with Gasteiger partial charge in [-0.3, -0.25) is 0 Å². The minimum atomic E-state index is 0.641. The Balaban J connectivity index is 1.64. The van der Waals surface area contributed by atoms with E-state index in [0.717, 1.165) is 28.1 Å². The van der Waals surface area contributed by atoms with Crippen molar-refractivity contribution < 1.29 is 4.74 Å². The maximum atomic E-state index is 6.19. The number of benzene rings is 1. The van der Waals surface area contributed by atoms with E-state index in [1.54, 1.807) is 23.5 Å². The van der Waals surface area contributed by atoms with E-state index in [0.29, 0.717) is 5.82 Å². The zero-order valence-corrected chi connectivity index (χ0v) is 14.4. The molecule has 0 radical (unpaired) electrons. The molecule has 1 heterocycles. The number of nitrogen functional groups attached to an aromatic ring is 1. The molecule has 0 bridgehead atoms. The van der Waals surface area contributed by atoms with Gasteiger partial charge >= 0.3 is 0 Å². The molecular weight excluding hydrogens is 308 g/mol. The van der Waals surface area contributed by atoms with Crippen LogP contribution in [0, 0.1) is 5.92 Å². The molecule has 0 unspecified atom stereocenters. The SMILES string of the molecule is COc1ccccc1-c1nnc(SCCC2CCCCC2)n1N. The molecule has 5 nitrogen and oxygen atoms in total. The summed E-state index contributed by atoms with van der Waals surface area (Å²) in [5, 5.41) is 9.26. The summed E-state index contributed by atoms with van der Waals surface area (Å²) in [5.74, 6) is 9.51. The van der Waals surface area contributed by atoms with E-state index in [1.807, 2.05) is 24.3 Å². The van der Waals surface area contributed by atoms with E-state index in [4.69, 9.17) is 10.6 Å². The molecule has 0 atom stereocenters. The van der Waals surface area contributed by atoms with Crippen LogP contribution in [0.15, 0.2) is 29.4 Å². The highest BCUT2D eigenvalue weighted by Crippen LogP contribution is 2.31. The van der Waals surface area contributed by atoms with Crippen molar-refractivity contribution in [3.8, 4) is 17.1 Å². The minimum Gasteiger partial charge on any atom is -0.496 e. The summed E-state index contributed by atoms with van der Waals surface area (Å²) in [4.78, 5) is 0. The number of methoxy groups -OCH3 is 1. The van der Waals surface area contributed by atoms with Gasteiger partial charge in [-0.2, -0.15) is 0 Å². The van der Waals surface area contributed by atoms with Crippen LogP contribution in [0.1, 0.15) is 38.5 Å². The third-order valence-corrected chi connectivity index (χ3v) is 5.47. The molecule has 0 saturated heterocycles. The molecule has 124 valence electrons. The molecule has 23 heavy (non-hydrogen) atoms. The number of thioether (sulfide) groups is 1. The molecule has 1 aliphatic rings. The molecule has 1 aromatic carbocycles. The first-order valence-electron chi connectivity index (χ1n) is 8.26. The van der Waals surface area contributed by atoms with Crippen molar-refractivity contribution in [3.63, 3.8) is 0 Å². The normalized spacial score (nSPS) is 15.7. The quantitative estimate of drug-likeness (QED) is 0.645. The van der Waals surface area contributed by atoms with Gasteiger partial charge in [0.1, 0.15) is 5.75 Å². The van der Waals surface area contributed by atoms with Gasteiger partial charge in [-0.05, 0) is 24.5 Å². The van der Waals surface area contributed by atoms with E-state index in [1.165, 1.54) is 38.5 Å². The first-order chi connectivity index (χ1) is 11.3. The highest BCUT2D eigenvalue weighted by Gasteiger charge is 2.17. The predicted octanol–water partition coefficient (Wildman–Crippen LogP) is 3.73. The molecule has 1 saturated carbocycles. The lowest BCUT2D eigenvalue weighted by molar-refractivity contribution is 0.351. The van der Waals surface area contributed by atoms with Gasteiger partial charge in [-0.1, -0.05) is 56.0 Å². The minimum absolute atomic E-state index is 0.641. The molecule has 0 spiro atoms. The van der Waals surface area contributed by atoms with Crippen LogP contribution >= 0.6 is 11.8 Å². The van der Waals surface area contributed by atoms with Gasteiger partial charge < -0.3 is 10.6 Å². The van der Waals surface area contributed by atoms with Gasteiger partial charge in [0.2, 0.25) is 5.16 Å². The van der Waals surface area contributed by atoms with Gasteiger partial charge in [-0.25, -0.2) is 4.68 Å². The number of nitrogens with two attached hydrogens (primary N) is 1.